The Kier molecular flexibility index (Phi) is 3.95. The molecule has 1 fully saturated rings. The number of nitrogens with zero attached hydrogens (tertiary/aromatic N) is 4. The third-order valence-electron chi connectivity index (χ3n) is 2.70. The molecule has 2 heterocycles. The molecule has 1 aliphatic heterocycles. The van der Waals surface area contributed by atoms with Crippen LogP contribution in [0.2, 0.25) is 0 Å². The van der Waals surface area contributed by atoms with E-state index in [9.17, 15) is 9.59 Å². The fourth-order valence-electron chi connectivity index (χ4n) is 1.71. The summed E-state index contributed by atoms with van der Waals surface area (Å²) in [6.45, 7) is 2.41. The van der Waals surface area contributed by atoms with Crippen molar-refractivity contribution in [2.45, 2.75) is 12.8 Å². The average molecular weight is 269 g/mol. The summed E-state index contributed by atoms with van der Waals surface area (Å²) in [5.41, 5.74) is 5.62. The maximum atomic E-state index is 11.7. The smallest absolute Gasteiger partial charge is 0.303 e. The van der Waals surface area contributed by atoms with Crippen molar-refractivity contribution in [3.63, 3.8) is 0 Å². The topological polar surface area (TPSA) is 124 Å². The molecule has 0 spiro atoms. The van der Waals surface area contributed by atoms with Gasteiger partial charge in [-0.15, -0.1) is 5.10 Å². The monoisotopic (exact) mass is 269 g/mol. The highest BCUT2D eigenvalue weighted by Gasteiger charge is 2.20. The third kappa shape index (κ3) is 3.19. The molecule has 0 aromatic carbocycles. The Morgan fingerprint density at radius 3 is 2.63 bits per heavy atom. The summed E-state index contributed by atoms with van der Waals surface area (Å²) in [5.74, 6) is -1.19. The summed E-state index contributed by atoms with van der Waals surface area (Å²) in [6, 6.07) is 0. The summed E-state index contributed by atoms with van der Waals surface area (Å²) in [7, 11) is 0. The molecule has 0 radical (unpaired) electrons. The van der Waals surface area contributed by atoms with Gasteiger partial charge < -0.3 is 20.5 Å². The standard InChI is InChI=1S/C10H15N5O4/c11-9-12-10(14-3-5-19-6-4-14)13-15(9)7(16)1-2-8(17)18/h1-6H2,(H,17,18)(H2,11,12,13). The second kappa shape index (κ2) is 5.65. The van der Waals surface area contributed by atoms with Crippen molar-refractivity contribution < 1.29 is 19.4 Å². The van der Waals surface area contributed by atoms with E-state index in [1.165, 1.54) is 0 Å². The summed E-state index contributed by atoms with van der Waals surface area (Å²) in [5, 5.41) is 12.6. The van der Waals surface area contributed by atoms with Crippen molar-refractivity contribution in [3.05, 3.63) is 0 Å². The number of aromatic nitrogens is 3. The molecule has 9 nitrogen and oxygen atoms in total. The summed E-state index contributed by atoms with van der Waals surface area (Å²) in [6.07, 6.45) is -0.420. The van der Waals surface area contributed by atoms with Crippen molar-refractivity contribution in [1.82, 2.24) is 14.8 Å². The third-order valence-corrected chi connectivity index (χ3v) is 2.70. The van der Waals surface area contributed by atoms with Gasteiger partial charge in [0.2, 0.25) is 11.9 Å². The Hall–Kier alpha value is -2.16. The van der Waals surface area contributed by atoms with Crippen LogP contribution in [0.25, 0.3) is 0 Å². The predicted molar refractivity (Wildman–Crippen MR) is 65.0 cm³/mol. The lowest BCUT2D eigenvalue weighted by atomic mass is 10.3. The van der Waals surface area contributed by atoms with Crippen LogP contribution in [0.4, 0.5) is 11.9 Å². The maximum Gasteiger partial charge on any atom is 0.303 e. The van der Waals surface area contributed by atoms with Crippen molar-refractivity contribution in [2.75, 3.05) is 36.9 Å². The quantitative estimate of drug-likeness (QED) is 0.728. The van der Waals surface area contributed by atoms with Crippen LogP contribution in [0.15, 0.2) is 0 Å². The number of carbonyl (C=O) groups excluding carboxylic acids is 1. The van der Waals surface area contributed by atoms with Crippen molar-refractivity contribution in [1.29, 1.82) is 0 Å². The number of hydrogen-bond donors (Lipinski definition) is 2. The van der Waals surface area contributed by atoms with Crippen molar-refractivity contribution >= 4 is 23.8 Å². The van der Waals surface area contributed by atoms with Gasteiger partial charge >= 0.3 is 5.97 Å². The Balaban J connectivity index is 2.07. The molecule has 1 aliphatic rings. The van der Waals surface area contributed by atoms with Gasteiger partial charge in [0.25, 0.3) is 5.91 Å². The van der Waals surface area contributed by atoms with Gasteiger partial charge in [-0.25, -0.2) is 0 Å². The Morgan fingerprint density at radius 2 is 2.00 bits per heavy atom. The van der Waals surface area contributed by atoms with Gasteiger partial charge in [-0.1, -0.05) is 0 Å². The largest absolute Gasteiger partial charge is 0.481 e. The molecule has 2 rings (SSSR count). The van der Waals surface area contributed by atoms with Gasteiger partial charge in [0.1, 0.15) is 0 Å². The molecule has 0 unspecified atom stereocenters. The van der Waals surface area contributed by atoms with Crippen molar-refractivity contribution in [2.24, 2.45) is 0 Å². The van der Waals surface area contributed by atoms with Gasteiger partial charge in [0.15, 0.2) is 0 Å². The van der Waals surface area contributed by atoms with Crippen LogP contribution in [0.5, 0.6) is 0 Å². The van der Waals surface area contributed by atoms with Crippen molar-refractivity contribution in [3.8, 4) is 0 Å². The molecular formula is C10H15N5O4. The van der Waals surface area contributed by atoms with E-state index in [0.29, 0.717) is 32.3 Å². The molecule has 0 aliphatic carbocycles. The van der Waals surface area contributed by atoms with E-state index < -0.39 is 11.9 Å². The van der Waals surface area contributed by atoms with E-state index in [0.717, 1.165) is 4.68 Å². The number of anilines is 2. The SMILES string of the molecule is Nc1nc(N2CCOCC2)nn1C(=O)CCC(=O)O. The fourth-order valence-corrected chi connectivity index (χ4v) is 1.71. The highest BCUT2D eigenvalue weighted by Crippen LogP contribution is 2.13. The highest BCUT2D eigenvalue weighted by molar-refractivity contribution is 5.83. The van der Waals surface area contributed by atoms with E-state index in [1.54, 1.807) is 0 Å². The lowest BCUT2D eigenvalue weighted by Crippen LogP contribution is -2.37. The molecule has 0 saturated carbocycles. The summed E-state index contributed by atoms with van der Waals surface area (Å²) >= 11 is 0. The second-order valence-corrected chi connectivity index (χ2v) is 4.07. The number of carboxylic acids is 1. The van der Waals surface area contributed by atoms with Crippen LogP contribution in [0.3, 0.4) is 0 Å². The number of nitrogens with two attached hydrogens (primary N) is 1. The minimum atomic E-state index is -1.04. The van der Waals surface area contributed by atoms with Gasteiger partial charge in [0, 0.05) is 19.5 Å². The number of hydrogen-bond acceptors (Lipinski definition) is 7. The number of ether oxygens (including phenoxy) is 1. The molecular weight excluding hydrogens is 254 g/mol. The van der Waals surface area contributed by atoms with Gasteiger partial charge in [-0.3, -0.25) is 9.59 Å². The molecule has 0 amide bonds. The van der Waals surface area contributed by atoms with E-state index in [4.69, 9.17) is 15.6 Å². The van der Waals surface area contributed by atoms with Crippen LogP contribution in [0.1, 0.15) is 17.6 Å². The predicted octanol–water partition coefficient (Wildman–Crippen LogP) is -0.798. The second-order valence-electron chi connectivity index (χ2n) is 4.07. The fraction of sp³-hybridized carbons (Fsp3) is 0.600. The molecule has 9 heteroatoms. The number of nitrogen functional groups attached to an aromatic ring is 1. The maximum absolute atomic E-state index is 11.7. The van der Waals surface area contributed by atoms with Crippen LogP contribution in [-0.2, 0) is 9.53 Å². The lowest BCUT2D eigenvalue weighted by molar-refractivity contribution is -0.137. The van der Waals surface area contributed by atoms with E-state index >= 15 is 0 Å². The zero-order valence-electron chi connectivity index (χ0n) is 10.3. The first-order valence-corrected chi connectivity index (χ1v) is 5.88. The summed E-state index contributed by atoms with van der Waals surface area (Å²) < 4.78 is 6.16. The van der Waals surface area contributed by atoms with E-state index in [1.807, 2.05) is 4.90 Å². The first kappa shape index (κ1) is 13.3. The minimum Gasteiger partial charge on any atom is -0.481 e. The van der Waals surface area contributed by atoms with Crippen LogP contribution < -0.4 is 10.6 Å². The Labute approximate surface area is 109 Å². The van der Waals surface area contributed by atoms with Gasteiger partial charge in [0.05, 0.1) is 19.6 Å². The average Bonchev–Trinajstić information content (AvgIpc) is 2.79. The zero-order valence-corrected chi connectivity index (χ0v) is 10.3. The molecule has 0 bridgehead atoms. The first-order valence-electron chi connectivity index (χ1n) is 5.88. The zero-order chi connectivity index (χ0) is 13.8. The molecule has 0 atom stereocenters. The number of carbonyl (C=O) groups is 2. The molecule has 104 valence electrons. The number of morpholine rings is 1. The summed E-state index contributed by atoms with van der Waals surface area (Å²) in [4.78, 5) is 28.0. The minimum absolute atomic E-state index is 0.0307. The van der Waals surface area contributed by atoms with E-state index in [-0.39, 0.29) is 18.8 Å². The van der Waals surface area contributed by atoms with Crippen LogP contribution >= 0.6 is 0 Å². The van der Waals surface area contributed by atoms with Crippen LogP contribution in [-0.4, -0.2) is 58.1 Å². The molecule has 3 N–H and O–H groups in total. The molecule has 19 heavy (non-hydrogen) atoms. The highest BCUT2D eigenvalue weighted by atomic mass is 16.5. The first-order chi connectivity index (χ1) is 9.08. The molecule has 1 aromatic heterocycles. The molecule has 1 saturated heterocycles. The normalized spacial score (nSPS) is 15.5. The Bertz CT molecular complexity index is 480. The number of rotatable bonds is 4. The lowest BCUT2D eigenvalue weighted by Gasteiger charge is -2.25. The number of carboxylic acid groups (broad SMARTS) is 1. The van der Waals surface area contributed by atoms with Gasteiger partial charge in [-0.2, -0.15) is 9.67 Å². The van der Waals surface area contributed by atoms with E-state index in [2.05, 4.69) is 10.1 Å². The molecule has 1 aromatic rings. The number of aliphatic carboxylic acids is 1. The Morgan fingerprint density at radius 1 is 1.32 bits per heavy atom. The van der Waals surface area contributed by atoms with Crippen LogP contribution in [0, 0.1) is 0 Å². The van der Waals surface area contributed by atoms with Gasteiger partial charge in [-0.05, 0) is 0 Å².